The molecule has 0 bridgehead atoms. The van der Waals surface area contributed by atoms with Crippen LogP contribution in [0.15, 0.2) is 47.5 Å². The molecule has 0 atom stereocenters. The van der Waals surface area contributed by atoms with Gasteiger partial charge in [0.05, 0.1) is 7.11 Å². The quantitative estimate of drug-likeness (QED) is 0.240. The van der Waals surface area contributed by atoms with Crippen molar-refractivity contribution in [3.05, 3.63) is 70.8 Å². The minimum Gasteiger partial charge on any atom is -0.496 e. The highest BCUT2D eigenvalue weighted by atomic mass is 19.1. The summed E-state index contributed by atoms with van der Waals surface area (Å²) in [6, 6.07) is 7.15. The van der Waals surface area contributed by atoms with Crippen LogP contribution in [0.5, 0.6) is 5.75 Å². The van der Waals surface area contributed by atoms with Crippen molar-refractivity contribution < 1.29 is 37.4 Å². The molecule has 1 heterocycles. The fourth-order valence-electron chi connectivity index (χ4n) is 4.83. The summed E-state index contributed by atoms with van der Waals surface area (Å²) in [5.74, 6) is -2.07. The third-order valence-corrected chi connectivity index (χ3v) is 6.87. The minimum atomic E-state index is -0.929. The van der Waals surface area contributed by atoms with E-state index in [1.807, 2.05) is 26.0 Å². The van der Waals surface area contributed by atoms with E-state index in [9.17, 15) is 14.4 Å². The number of ether oxygens (including phenoxy) is 3. The predicted molar refractivity (Wildman–Crippen MR) is 178 cm³/mol. The maximum absolute atomic E-state index is 15.4. The Morgan fingerprint density at radius 2 is 1.64 bits per heavy atom. The standard InChI is InChI=1S/C35H44F2N4O6/c1-10-21(11-2)25-13-12-24(20-28(25)45-9)38-30(42)23-18-26(36)29(27(37)19-23)22-14-16-41(17-15-22)31(39-32(43)46-34(3,4)5)40-33(44)47-35(6,7)8/h10,12-14,18-20H,11,15-17H2,1-9H3,(H,38,42)(H,39,40,43,44)/b21-10+. The van der Waals surface area contributed by atoms with Gasteiger partial charge in [0.25, 0.3) is 5.91 Å². The topological polar surface area (TPSA) is 119 Å². The van der Waals surface area contributed by atoms with Crippen LogP contribution in [0.2, 0.25) is 0 Å². The first-order valence-corrected chi connectivity index (χ1v) is 15.3. The third-order valence-electron chi connectivity index (χ3n) is 6.87. The van der Waals surface area contributed by atoms with E-state index in [0.29, 0.717) is 17.0 Å². The largest absolute Gasteiger partial charge is 0.496 e. The van der Waals surface area contributed by atoms with Crippen LogP contribution in [0.4, 0.5) is 24.1 Å². The lowest BCUT2D eigenvalue weighted by Crippen LogP contribution is -2.48. The van der Waals surface area contributed by atoms with Crippen molar-refractivity contribution in [3.63, 3.8) is 0 Å². The van der Waals surface area contributed by atoms with E-state index in [1.54, 1.807) is 64.7 Å². The Bertz CT molecular complexity index is 1580. The van der Waals surface area contributed by atoms with Gasteiger partial charge in [-0.05, 0) is 96.7 Å². The van der Waals surface area contributed by atoms with Crippen molar-refractivity contribution in [3.8, 4) is 5.75 Å². The van der Waals surface area contributed by atoms with Gasteiger partial charge in [-0.2, -0.15) is 0 Å². The number of aliphatic imine (C=N–C) groups is 1. The van der Waals surface area contributed by atoms with Gasteiger partial charge in [-0.1, -0.05) is 19.1 Å². The number of carbonyl (C=O) groups is 3. The Labute approximate surface area is 274 Å². The van der Waals surface area contributed by atoms with Crippen molar-refractivity contribution >= 4 is 40.9 Å². The summed E-state index contributed by atoms with van der Waals surface area (Å²) in [7, 11) is 1.53. The van der Waals surface area contributed by atoms with Crippen LogP contribution in [-0.4, -0.2) is 60.4 Å². The number of hydrogen-bond acceptors (Lipinski definition) is 6. The van der Waals surface area contributed by atoms with Gasteiger partial charge in [-0.15, -0.1) is 4.99 Å². The average molecular weight is 655 g/mol. The van der Waals surface area contributed by atoms with Crippen LogP contribution in [-0.2, 0) is 9.47 Å². The van der Waals surface area contributed by atoms with Crippen molar-refractivity contribution in [2.45, 2.75) is 79.4 Å². The van der Waals surface area contributed by atoms with Crippen molar-refractivity contribution in [1.82, 2.24) is 10.2 Å². The summed E-state index contributed by atoms with van der Waals surface area (Å²) in [6.07, 6.45) is 2.72. The van der Waals surface area contributed by atoms with E-state index in [-0.39, 0.29) is 36.6 Å². The Morgan fingerprint density at radius 3 is 2.15 bits per heavy atom. The second-order valence-corrected chi connectivity index (χ2v) is 12.8. The first-order chi connectivity index (χ1) is 21.9. The second kappa shape index (κ2) is 15.2. The highest BCUT2D eigenvalue weighted by molar-refractivity contribution is 6.05. The Hall–Kier alpha value is -4.74. The van der Waals surface area contributed by atoms with Gasteiger partial charge in [-0.3, -0.25) is 10.1 Å². The van der Waals surface area contributed by atoms with E-state index in [1.165, 1.54) is 7.11 Å². The smallest absolute Gasteiger partial charge is 0.437 e. The van der Waals surface area contributed by atoms with Crippen molar-refractivity contribution in [2.24, 2.45) is 4.99 Å². The molecule has 0 aliphatic carbocycles. The molecule has 0 saturated heterocycles. The Kier molecular flexibility index (Phi) is 11.9. The molecular weight excluding hydrogens is 610 g/mol. The highest BCUT2D eigenvalue weighted by Crippen LogP contribution is 2.32. The maximum atomic E-state index is 15.4. The number of methoxy groups -OCH3 is 1. The summed E-state index contributed by atoms with van der Waals surface area (Å²) in [5.41, 5.74) is 0.631. The lowest BCUT2D eigenvalue weighted by atomic mass is 9.97. The molecule has 12 heteroatoms. The number of allylic oxidation sites excluding steroid dienone is 2. The van der Waals surface area contributed by atoms with Crippen molar-refractivity contribution in [2.75, 3.05) is 25.5 Å². The van der Waals surface area contributed by atoms with E-state index in [2.05, 4.69) is 15.6 Å². The Balaban J connectivity index is 1.81. The van der Waals surface area contributed by atoms with Gasteiger partial charge in [0.15, 0.2) is 0 Å². The van der Waals surface area contributed by atoms with E-state index in [0.717, 1.165) is 29.7 Å². The van der Waals surface area contributed by atoms with Crippen LogP contribution < -0.4 is 15.4 Å². The maximum Gasteiger partial charge on any atom is 0.437 e. The predicted octanol–water partition coefficient (Wildman–Crippen LogP) is 7.94. The molecule has 2 N–H and O–H groups in total. The normalized spacial score (nSPS) is 14.3. The van der Waals surface area contributed by atoms with E-state index >= 15 is 8.78 Å². The van der Waals surface area contributed by atoms with Crippen LogP contribution in [0.3, 0.4) is 0 Å². The van der Waals surface area contributed by atoms with Crippen molar-refractivity contribution in [1.29, 1.82) is 0 Å². The first-order valence-electron chi connectivity index (χ1n) is 15.3. The molecule has 3 amide bonds. The lowest BCUT2D eigenvalue weighted by molar-refractivity contribution is 0.0554. The number of nitrogens with zero attached hydrogens (tertiary/aromatic N) is 2. The van der Waals surface area contributed by atoms with Gasteiger partial charge in [0.1, 0.15) is 28.6 Å². The van der Waals surface area contributed by atoms with Gasteiger partial charge >= 0.3 is 12.2 Å². The van der Waals surface area contributed by atoms with Crippen LogP contribution in [0.1, 0.15) is 89.7 Å². The molecule has 2 aromatic rings. The minimum absolute atomic E-state index is 0.0542. The molecule has 0 aromatic heterocycles. The summed E-state index contributed by atoms with van der Waals surface area (Å²) in [4.78, 5) is 43.4. The molecule has 0 saturated carbocycles. The third kappa shape index (κ3) is 10.4. The Morgan fingerprint density at radius 1 is 1.00 bits per heavy atom. The number of alkyl carbamates (subject to hydrolysis) is 1. The molecule has 0 unspecified atom stereocenters. The number of amides is 3. The fourth-order valence-corrected chi connectivity index (χ4v) is 4.83. The van der Waals surface area contributed by atoms with Gasteiger partial charge < -0.3 is 24.4 Å². The van der Waals surface area contributed by atoms with Gasteiger partial charge in [-0.25, -0.2) is 18.4 Å². The fraction of sp³-hybridized carbons (Fsp3) is 0.429. The molecule has 254 valence electrons. The van der Waals surface area contributed by atoms with E-state index in [4.69, 9.17) is 14.2 Å². The summed E-state index contributed by atoms with van der Waals surface area (Å²) < 4.78 is 46.8. The second-order valence-electron chi connectivity index (χ2n) is 12.8. The van der Waals surface area contributed by atoms with E-state index < -0.39 is 40.9 Å². The monoisotopic (exact) mass is 654 g/mol. The molecule has 2 aromatic carbocycles. The zero-order valence-corrected chi connectivity index (χ0v) is 28.5. The van der Waals surface area contributed by atoms with Crippen LogP contribution >= 0.6 is 0 Å². The molecule has 1 aliphatic heterocycles. The number of halogens is 2. The molecule has 3 rings (SSSR count). The average Bonchev–Trinajstić information content (AvgIpc) is 2.96. The molecule has 1 aliphatic rings. The molecule has 0 spiro atoms. The molecule has 10 nitrogen and oxygen atoms in total. The molecular formula is C35H44F2N4O6. The number of anilines is 1. The van der Waals surface area contributed by atoms with Gasteiger partial charge in [0.2, 0.25) is 5.96 Å². The van der Waals surface area contributed by atoms with Gasteiger partial charge in [0, 0.05) is 41.5 Å². The zero-order valence-electron chi connectivity index (χ0n) is 28.5. The number of benzene rings is 2. The molecule has 47 heavy (non-hydrogen) atoms. The number of nitrogens with one attached hydrogen (secondary N) is 2. The summed E-state index contributed by atoms with van der Waals surface area (Å²) in [6.45, 7) is 14.3. The molecule has 0 radical (unpaired) electrons. The summed E-state index contributed by atoms with van der Waals surface area (Å²) >= 11 is 0. The first kappa shape index (κ1) is 36.7. The number of hydrogen-bond donors (Lipinski definition) is 2. The summed E-state index contributed by atoms with van der Waals surface area (Å²) in [5, 5.41) is 5.16. The zero-order chi connectivity index (χ0) is 35.1. The van der Waals surface area contributed by atoms with Crippen LogP contribution in [0.25, 0.3) is 11.1 Å². The highest BCUT2D eigenvalue weighted by Gasteiger charge is 2.27. The number of rotatable bonds is 6. The lowest BCUT2D eigenvalue weighted by Gasteiger charge is -2.30. The van der Waals surface area contributed by atoms with Crippen LogP contribution in [0, 0.1) is 11.6 Å². The molecule has 0 fully saturated rings. The number of guanidine groups is 1. The number of carbonyl (C=O) groups excluding carboxylic acids is 3. The SMILES string of the molecule is C/C=C(\CC)c1ccc(NC(=O)c2cc(F)c(C3=CCN(/C(=N\C(=O)OC(C)(C)C)NC(=O)OC(C)(C)C)CC3)c(F)c2)cc1OC.